The van der Waals surface area contributed by atoms with Crippen molar-refractivity contribution in [3.8, 4) is 5.69 Å². The van der Waals surface area contributed by atoms with Gasteiger partial charge in [0.05, 0.1) is 26.6 Å². The number of urea groups is 1. The highest BCUT2D eigenvalue weighted by molar-refractivity contribution is 7.92. The van der Waals surface area contributed by atoms with E-state index in [1.807, 2.05) is 24.9 Å². The molecule has 3 aromatic heterocycles. The highest BCUT2D eigenvalue weighted by Crippen LogP contribution is 2.25. The predicted octanol–water partition coefficient (Wildman–Crippen LogP) is 3.56. The van der Waals surface area contributed by atoms with E-state index in [1.165, 1.54) is 36.4 Å². The number of nitrogens with one attached hydrogen (secondary N) is 4. The Labute approximate surface area is 236 Å². The molecule has 0 saturated heterocycles. The van der Waals surface area contributed by atoms with E-state index < -0.39 is 27.3 Å². The van der Waals surface area contributed by atoms with Crippen LogP contribution < -0.4 is 26.6 Å². The minimum absolute atomic E-state index is 0.107. The Hall–Kier alpha value is -4.40. The number of hydrogen-bond donors (Lipinski definition) is 4. The van der Waals surface area contributed by atoms with Crippen LogP contribution in [-0.4, -0.2) is 33.8 Å². The molecule has 206 valence electrons. The number of aromatic nitrogens is 4. The second-order valence-corrected chi connectivity index (χ2v) is 12.4. The molecule has 4 N–H and O–H groups in total. The fourth-order valence-electron chi connectivity index (χ4n) is 4.05. The summed E-state index contributed by atoms with van der Waals surface area (Å²) in [6.07, 6.45) is 1.92. The number of fused-ring (bicyclic) bond motifs is 1. The molecule has 0 saturated carbocycles. The van der Waals surface area contributed by atoms with Gasteiger partial charge in [-0.1, -0.05) is 11.6 Å². The smallest absolute Gasteiger partial charge is 0.333 e. The number of carbonyl (C=O) groups is 1. The maximum atomic E-state index is 13.2. The Morgan fingerprint density at radius 1 is 1.07 bits per heavy atom. The number of sulfonamides is 1. The molecule has 0 fully saturated rings. The van der Waals surface area contributed by atoms with Crippen molar-refractivity contribution in [1.29, 1.82) is 0 Å². The van der Waals surface area contributed by atoms with Gasteiger partial charge in [0.25, 0.3) is 15.6 Å². The van der Waals surface area contributed by atoms with E-state index in [2.05, 4.69) is 20.7 Å². The number of benzene rings is 2. The van der Waals surface area contributed by atoms with Gasteiger partial charge in [0.2, 0.25) is 0 Å². The van der Waals surface area contributed by atoms with Crippen molar-refractivity contribution in [2.45, 2.75) is 17.7 Å². The van der Waals surface area contributed by atoms with E-state index in [1.54, 1.807) is 22.9 Å². The number of aryl methyl sites for hydroxylation is 2. The summed E-state index contributed by atoms with van der Waals surface area (Å²) in [5, 5.41) is 10.3. The molecule has 0 aliphatic rings. The lowest BCUT2D eigenvalue weighted by molar-refractivity contribution is 0.256. The van der Waals surface area contributed by atoms with Gasteiger partial charge in [-0.15, -0.1) is 11.3 Å². The Morgan fingerprint density at radius 3 is 2.45 bits per heavy atom. The van der Waals surface area contributed by atoms with Gasteiger partial charge in [0, 0.05) is 36.7 Å². The van der Waals surface area contributed by atoms with E-state index in [9.17, 15) is 22.8 Å². The monoisotopic (exact) mass is 599 g/mol. The van der Waals surface area contributed by atoms with Crippen LogP contribution in [0.3, 0.4) is 0 Å². The van der Waals surface area contributed by atoms with Crippen LogP contribution in [0.4, 0.5) is 16.2 Å². The first-order valence-electron chi connectivity index (χ1n) is 11.7. The van der Waals surface area contributed by atoms with Crippen molar-refractivity contribution in [3.05, 3.63) is 97.2 Å². The van der Waals surface area contributed by atoms with Gasteiger partial charge in [-0.25, -0.2) is 27.3 Å². The fourth-order valence-corrected chi connectivity index (χ4v) is 6.44. The Morgan fingerprint density at radius 2 is 1.80 bits per heavy atom. The zero-order valence-corrected chi connectivity index (χ0v) is 23.4. The Bertz CT molecular complexity index is 1980. The molecule has 0 unspecified atom stereocenters. The molecule has 0 bridgehead atoms. The number of anilines is 2. The van der Waals surface area contributed by atoms with Crippen LogP contribution in [0.1, 0.15) is 11.3 Å². The van der Waals surface area contributed by atoms with Crippen molar-refractivity contribution in [2.24, 2.45) is 7.05 Å². The lowest BCUT2D eigenvalue weighted by Gasteiger charge is -2.11. The van der Waals surface area contributed by atoms with Crippen LogP contribution in [0.25, 0.3) is 16.6 Å². The quantitative estimate of drug-likeness (QED) is 0.222. The molecule has 12 nitrogen and oxygen atoms in total. The molecule has 2 aromatic carbocycles. The molecule has 0 aliphatic carbocycles. The number of rotatable bonds is 7. The highest BCUT2D eigenvalue weighted by atomic mass is 35.5. The number of hydrogen-bond acceptors (Lipinski definition) is 8. The topological polar surface area (TPSA) is 160 Å². The van der Waals surface area contributed by atoms with Gasteiger partial charge in [-0.3, -0.25) is 9.48 Å². The van der Waals surface area contributed by atoms with Crippen molar-refractivity contribution in [1.82, 2.24) is 24.1 Å². The molecule has 15 heteroatoms. The number of halogens is 1. The van der Waals surface area contributed by atoms with Gasteiger partial charge in [-0.05, 0) is 61.5 Å². The molecule has 3 heterocycles. The van der Waals surface area contributed by atoms with Crippen LogP contribution in [-0.2, 0) is 23.6 Å². The van der Waals surface area contributed by atoms with Gasteiger partial charge in [-0.2, -0.15) is 5.10 Å². The fraction of sp³-hybridized carbons (Fsp3) is 0.120. The van der Waals surface area contributed by atoms with Crippen LogP contribution in [0, 0.1) is 6.92 Å². The summed E-state index contributed by atoms with van der Waals surface area (Å²) in [6.45, 7) is 2.45. The molecule has 5 rings (SSSR count). The van der Waals surface area contributed by atoms with Crippen LogP contribution >= 0.6 is 22.9 Å². The minimum atomic E-state index is -4.09. The Balaban J connectivity index is 1.32. The zero-order valence-electron chi connectivity index (χ0n) is 21.1. The van der Waals surface area contributed by atoms with Crippen LogP contribution in [0.15, 0.2) is 74.6 Å². The molecule has 0 radical (unpaired) electrons. The summed E-state index contributed by atoms with van der Waals surface area (Å²) in [7, 11) is -2.24. The highest BCUT2D eigenvalue weighted by Gasteiger charge is 2.20. The summed E-state index contributed by atoms with van der Waals surface area (Å²) in [6, 6.07) is 12.6. The number of amides is 2. The van der Waals surface area contributed by atoms with Crippen LogP contribution in [0.5, 0.6) is 0 Å². The van der Waals surface area contributed by atoms with Gasteiger partial charge >= 0.3 is 11.7 Å². The molecule has 0 atom stereocenters. The second kappa shape index (κ2) is 10.6. The normalized spacial score (nSPS) is 11.5. The first-order chi connectivity index (χ1) is 19.0. The number of H-pyrrole nitrogens is 1. The van der Waals surface area contributed by atoms with Gasteiger partial charge < -0.3 is 15.6 Å². The van der Waals surface area contributed by atoms with Crippen LogP contribution in [0.2, 0.25) is 4.34 Å². The maximum absolute atomic E-state index is 13.2. The molecule has 5 aromatic rings. The first-order valence-corrected chi connectivity index (χ1v) is 14.4. The lowest BCUT2D eigenvalue weighted by Crippen LogP contribution is -2.34. The third-order valence-corrected chi connectivity index (χ3v) is 8.97. The van der Waals surface area contributed by atoms with E-state index in [0.717, 1.165) is 32.8 Å². The summed E-state index contributed by atoms with van der Waals surface area (Å²) in [5.74, 6) is 0. The number of nitrogens with zero attached hydrogens (tertiary/aromatic N) is 3. The second-order valence-electron chi connectivity index (χ2n) is 8.76. The average molecular weight is 600 g/mol. The standard InChI is InChI=1S/C25H22ClN7O5S2/c1-14-15(13-32(2)30-14)12-27-17-5-8-19-20(11-17)29-25(36)33(23(19)34)18-6-3-16(4-7-18)28-24(35)31-40(37,38)22-10-9-21(26)39-22/h3-11,13,27H,12H2,1-2H3,(H,29,36)(H2,28,31,35). The largest absolute Gasteiger partial charge is 0.381 e. The van der Waals surface area contributed by atoms with E-state index in [-0.39, 0.29) is 19.9 Å². The van der Waals surface area contributed by atoms with Gasteiger partial charge in [0.15, 0.2) is 0 Å². The third-order valence-electron chi connectivity index (χ3n) is 5.92. The van der Waals surface area contributed by atoms with E-state index >= 15 is 0 Å². The average Bonchev–Trinajstić information content (AvgIpc) is 3.47. The van der Waals surface area contributed by atoms with Gasteiger partial charge in [0.1, 0.15) is 4.21 Å². The number of thiophene rings is 1. The molecular weight excluding hydrogens is 578 g/mol. The summed E-state index contributed by atoms with van der Waals surface area (Å²) in [4.78, 5) is 41.0. The molecule has 0 aliphatic heterocycles. The zero-order chi connectivity index (χ0) is 28.6. The minimum Gasteiger partial charge on any atom is -0.381 e. The first kappa shape index (κ1) is 27.2. The maximum Gasteiger partial charge on any atom is 0.333 e. The summed E-state index contributed by atoms with van der Waals surface area (Å²) in [5.41, 5.74) is 2.37. The lowest BCUT2D eigenvalue weighted by atomic mass is 10.2. The number of carbonyl (C=O) groups excluding carboxylic acids is 1. The van der Waals surface area contributed by atoms with Crippen molar-refractivity contribution in [3.63, 3.8) is 0 Å². The molecular formula is C25H22ClN7O5S2. The predicted molar refractivity (Wildman–Crippen MR) is 154 cm³/mol. The van der Waals surface area contributed by atoms with E-state index in [0.29, 0.717) is 17.4 Å². The van der Waals surface area contributed by atoms with E-state index in [4.69, 9.17) is 11.6 Å². The molecule has 40 heavy (non-hydrogen) atoms. The Kier molecular flexibility index (Phi) is 7.23. The third kappa shape index (κ3) is 5.64. The molecule has 0 spiro atoms. The van der Waals surface area contributed by atoms with Crippen molar-refractivity contribution >= 4 is 61.3 Å². The van der Waals surface area contributed by atoms with Crippen molar-refractivity contribution in [2.75, 3.05) is 10.6 Å². The summed E-state index contributed by atoms with van der Waals surface area (Å²) >= 11 is 6.58. The molecule has 2 amide bonds. The SMILES string of the molecule is Cc1nn(C)cc1CNc1ccc2c(=O)n(-c3ccc(NC(=O)NS(=O)(=O)c4ccc(Cl)s4)cc3)c(=O)[nH]c2c1. The summed E-state index contributed by atoms with van der Waals surface area (Å²) < 4.78 is 29.4. The van der Waals surface area contributed by atoms with Crippen molar-refractivity contribution < 1.29 is 13.2 Å². The number of aromatic amines is 1.